The van der Waals surface area contributed by atoms with Gasteiger partial charge in [-0.3, -0.25) is 4.79 Å². The number of thioether (sulfide) groups is 1. The largest absolute Gasteiger partial charge is 0.484 e. The first-order chi connectivity index (χ1) is 11.3. The number of thiazole rings is 1. The van der Waals surface area contributed by atoms with Gasteiger partial charge in [0.25, 0.3) is 5.91 Å². The van der Waals surface area contributed by atoms with Crippen molar-refractivity contribution in [3.8, 4) is 5.75 Å². The molecular formula is C17H16N2O2S2. The third-order valence-corrected chi connectivity index (χ3v) is 5.22. The summed E-state index contributed by atoms with van der Waals surface area (Å²) >= 11 is 3.33. The van der Waals surface area contributed by atoms with Crippen LogP contribution >= 0.6 is 23.1 Å². The van der Waals surface area contributed by atoms with Crippen molar-refractivity contribution >= 4 is 39.2 Å². The molecule has 3 aromatic rings. The molecule has 1 N–H and O–H groups in total. The molecule has 0 saturated carbocycles. The van der Waals surface area contributed by atoms with Gasteiger partial charge >= 0.3 is 0 Å². The lowest BCUT2D eigenvalue weighted by molar-refractivity contribution is -0.122. The topological polar surface area (TPSA) is 51.2 Å². The summed E-state index contributed by atoms with van der Waals surface area (Å²) in [6.45, 7) is 0.632. The van der Waals surface area contributed by atoms with Crippen LogP contribution in [0.25, 0.3) is 10.2 Å². The third kappa shape index (κ3) is 4.71. The minimum Gasteiger partial charge on any atom is -0.484 e. The lowest BCUT2D eigenvalue weighted by atomic mass is 10.3. The van der Waals surface area contributed by atoms with Crippen LogP contribution in [-0.2, 0) is 4.79 Å². The van der Waals surface area contributed by atoms with Crippen LogP contribution in [0.15, 0.2) is 58.9 Å². The van der Waals surface area contributed by atoms with Crippen LogP contribution in [0.1, 0.15) is 0 Å². The molecule has 0 atom stereocenters. The molecule has 2 aromatic carbocycles. The van der Waals surface area contributed by atoms with Crippen LogP contribution in [0.5, 0.6) is 5.75 Å². The molecule has 0 spiro atoms. The molecule has 0 unspecified atom stereocenters. The summed E-state index contributed by atoms with van der Waals surface area (Å²) in [7, 11) is 0. The summed E-state index contributed by atoms with van der Waals surface area (Å²) in [5.74, 6) is 1.38. The predicted octanol–water partition coefficient (Wildman–Crippen LogP) is 3.58. The number of amides is 1. The van der Waals surface area contributed by atoms with Crippen LogP contribution in [-0.4, -0.2) is 29.8 Å². The van der Waals surface area contributed by atoms with E-state index in [1.165, 1.54) is 4.70 Å². The Hall–Kier alpha value is -2.05. The molecule has 4 nitrogen and oxygen atoms in total. The van der Waals surface area contributed by atoms with Crippen molar-refractivity contribution in [2.75, 3.05) is 18.9 Å². The zero-order valence-electron chi connectivity index (χ0n) is 12.4. The Morgan fingerprint density at radius 1 is 1.13 bits per heavy atom. The molecule has 118 valence electrons. The van der Waals surface area contributed by atoms with E-state index in [0.29, 0.717) is 12.3 Å². The molecule has 0 radical (unpaired) electrons. The molecular weight excluding hydrogens is 328 g/mol. The number of rotatable bonds is 7. The van der Waals surface area contributed by atoms with E-state index in [1.807, 2.05) is 48.5 Å². The van der Waals surface area contributed by atoms with Gasteiger partial charge in [-0.2, -0.15) is 0 Å². The smallest absolute Gasteiger partial charge is 0.257 e. The number of carbonyl (C=O) groups is 1. The van der Waals surface area contributed by atoms with Crippen molar-refractivity contribution < 1.29 is 9.53 Å². The van der Waals surface area contributed by atoms with Crippen molar-refractivity contribution in [2.45, 2.75) is 4.34 Å². The molecule has 3 rings (SSSR count). The molecule has 0 saturated heterocycles. The lowest BCUT2D eigenvalue weighted by Gasteiger charge is -2.06. The zero-order chi connectivity index (χ0) is 15.9. The van der Waals surface area contributed by atoms with Gasteiger partial charge in [0.15, 0.2) is 10.9 Å². The lowest BCUT2D eigenvalue weighted by Crippen LogP contribution is -2.30. The van der Waals surface area contributed by atoms with Gasteiger partial charge in [0, 0.05) is 12.3 Å². The maximum absolute atomic E-state index is 11.7. The van der Waals surface area contributed by atoms with E-state index in [9.17, 15) is 4.79 Å². The number of aromatic nitrogens is 1. The second-order valence-electron chi connectivity index (χ2n) is 4.75. The van der Waals surface area contributed by atoms with Gasteiger partial charge in [0.1, 0.15) is 5.75 Å². The second kappa shape index (κ2) is 7.99. The van der Waals surface area contributed by atoms with Gasteiger partial charge in [0.05, 0.1) is 10.2 Å². The Kier molecular flexibility index (Phi) is 5.50. The summed E-state index contributed by atoms with van der Waals surface area (Å²) in [6.07, 6.45) is 0. The highest BCUT2D eigenvalue weighted by molar-refractivity contribution is 8.01. The number of benzene rings is 2. The Balaban J connectivity index is 1.37. The average molecular weight is 344 g/mol. The van der Waals surface area contributed by atoms with Gasteiger partial charge in [-0.25, -0.2) is 4.98 Å². The van der Waals surface area contributed by atoms with E-state index in [2.05, 4.69) is 16.4 Å². The van der Waals surface area contributed by atoms with E-state index < -0.39 is 0 Å². The average Bonchev–Trinajstić information content (AvgIpc) is 3.00. The van der Waals surface area contributed by atoms with Gasteiger partial charge in [0.2, 0.25) is 0 Å². The van der Waals surface area contributed by atoms with Gasteiger partial charge in [-0.1, -0.05) is 42.1 Å². The summed E-state index contributed by atoms with van der Waals surface area (Å²) in [4.78, 5) is 16.3. The van der Waals surface area contributed by atoms with Gasteiger partial charge in [-0.05, 0) is 24.3 Å². The summed E-state index contributed by atoms with van der Waals surface area (Å²) in [5.41, 5.74) is 1.03. The summed E-state index contributed by atoms with van der Waals surface area (Å²) in [5, 5.41) is 2.85. The molecule has 1 amide bonds. The first-order valence-electron chi connectivity index (χ1n) is 7.24. The fourth-order valence-electron chi connectivity index (χ4n) is 1.96. The van der Waals surface area contributed by atoms with Crippen LogP contribution in [0, 0.1) is 0 Å². The van der Waals surface area contributed by atoms with Crippen LogP contribution in [0.4, 0.5) is 0 Å². The van der Waals surface area contributed by atoms with E-state index >= 15 is 0 Å². The number of hydrogen-bond donors (Lipinski definition) is 1. The highest BCUT2D eigenvalue weighted by Crippen LogP contribution is 2.28. The Morgan fingerprint density at radius 3 is 2.74 bits per heavy atom. The van der Waals surface area contributed by atoms with Crippen LogP contribution in [0.3, 0.4) is 0 Å². The molecule has 0 bridgehead atoms. The molecule has 0 aliphatic heterocycles. The van der Waals surface area contributed by atoms with E-state index in [-0.39, 0.29) is 12.5 Å². The van der Waals surface area contributed by atoms with Crippen molar-refractivity contribution in [1.82, 2.24) is 10.3 Å². The molecule has 23 heavy (non-hydrogen) atoms. The maximum Gasteiger partial charge on any atom is 0.257 e. The number of ether oxygens (including phenoxy) is 1. The number of carbonyl (C=O) groups excluding carboxylic acids is 1. The van der Waals surface area contributed by atoms with Gasteiger partial charge < -0.3 is 10.1 Å². The molecule has 6 heteroatoms. The molecule has 0 aliphatic rings. The molecule has 1 heterocycles. The molecule has 1 aromatic heterocycles. The molecule has 0 aliphatic carbocycles. The van der Waals surface area contributed by atoms with Crippen molar-refractivity contribution in [2.24, 2.45) is 0 Å². The minimum absolute atomic E-state index is 0.0375. The molecule has 0 fully saturated rings. The van der Waals surface area contributed by atoms with Crippen molar-refractivity contribution in [3.05, 3.63) is 54.6 Å². The zero-order valence-corrected chi connectivity index (χ0v) is 14.0. The van der Waals surface area contributed by atoms with Gasteiger partial charge in [-0.15, -0.1) is 11.3 Å². The highest BCUT2D eigenvalue weighted by Gasteiger charge is 2.05. The Morgan fingerprint density at radius 2 is 1.91 bits per heavy atom. The number of hydrogen-bond acceptors (Lipinski definition) is 5. The Bertz CT molecular complexity index is 741. The highest BCUT2D eigenvalue weighted by atomic mass is 32.2. The summed E-state index contributed by atoms with van der Waals surface area (Å²) in [6, 6.07) is 17.4. The van der Waals surface area contributed by atoms with E-state index in [4.69, 9.17) is 4.74 Å². The standard InChI is InChI=1S/C17H16N2O2S2/c20-16(12-21-13-6-2-1-3-7-13)18-10-11-22-17-19-14-8-4-5-9-15(14)23-17/h1-9H,10-12H2,(H,18,20). The fourth-order valence-corrected chi connectivity index (χ4v) is 3.95. The minimum atomic E-state index is -0.112. The third-order valence-electron chi connectivity index (χ3n) is 3.04. The number of nitrogens with one attached hydrogen (secondary N) is 1. The Labute approximate surface area is 142 Å². The van der Waals surface area contributed by atoms with Crippen LogP contribution in [0.2, 0.25) is 0 Å². The van der Waals surface area contributed by atoms with E-state index in [1.54, 1.807) is 23.1 Å². The predicted molar refractivity (Wildman–Crippen MR) is 95.3 cm³/mol. The fraction of sp³-hybridized carbons (Fsp3) is 0.176. The first-order valence-corrected chi connectivity index (χ1v) is 9.04. The maximum atomic E-state index is 11.7. The van der Waals surface area contributed by atoms with Crippen molar-refractivity contribution in [1.29, 1.82) is 0 Å². The number of para-hydroxylation sites is 2. The number of nitrogens with zero attached hydrogens (tertiary/aromatic N) is 1. The monoisotopic (exact) mass is 344 g/mol. The SMILES string of the molecule is O=C(COc1ccccc1)NCCSc1nc2ccccc2s1. The van der Waals surface area contributed by atoms with Crippen LogP contribution < -0.4 is 10.1 Å². The number of fused-ring (bicyclic) bond motifs is 1. The van der Waals surface area contributed by atoms with E-state index in [0.717, 1.165) is 15.6 Å². The second-order valence-corrected chi connectivity index (χ2v) is 7.12. The quantitative estimate of drug-likeness (QED) is 0.526. The summed E-state index contributed by atoms with van der Waals surface area (Å²) < 4.78 is 7.61. The normalized spacial score (nSPS) is 10.6. The first kappa shape index (κ1) is 15.8. The van der Waals surface area contributed by atoms with Crippen molar-refractivity contribution in [3.63, 3.8) is 0 Å².